The molecule has 156 valence electrons. The first-order chi connectivity index (χ1) is 14.3. The summed E-state index contributed by atoms with van der Waals surface area (Å²) in [6.45, 7) is 8.19. The van der Waals surface area contributed by atoms with Crippen LogP contribution in [0.3, 0.4) is 0 Å². The average Bonchev–Trinajstić information content (AvgIpc) is 2.70. The molecule has 0 bridgehead atoms. The lowest BCUT2D eigenvalue weighted by Crippen LogP contribution is -2.46. The summed E-state index contributed by atoms with van der Waals surface area (Å²) in [6.07, 6.45) is 0. The first kappa shape index (κ1) is 21.2. The highest BCUT2D eigenvalue weighted by Crippen LogP contribution is 2.09. The van der Waals surface area contributed by atoms with E-state index in [1.54, 1.807) is 18.2 Å². The number of rotatable bonds is 6. The van der Waals surface area contributed by atoms with E-state index in [0.29, 0.717) is 12.2 Å². The number of carbonyl (C=O) groups excluding carboxylic acids is 1. The minimum Gasteiger partial charge on any atom is -0.350 e. The minimum atomic E-state index is -0.701. The molecule has 0 unspecified atom stereocenters. The molecule has 0 aliphatic carbocycles. The smallest absolute Gasteiger partial charge is 0.350 e. The Morgan fingerprint density at radius 1 is 1.07 bits per heavy atom. The first-order valence-corrected chi connectivity index (χ1v) is 9.92. The molecule has 0 radical (unpaired) electrons. The van der Waals surface area contributed by atoms with Crippen molar-refractivity contribution in [3.63, 3.8) is 0 Å². The predicted octanol–water partition coefficient (Wildman–Crippen LogP) is 2.45. The van der Waals surface area contributed by atoms with Crippen molar-refractivity contribution in [2.75, 3.05) is 6.54 Å². The monoisotopic (exact) mass is 406 g/mol. The van der Waals surface area contributed by atoms with Gasteiger partial charge in [-0.1, -0.05) is 50.2 Å². The third-order valence-electron chi connectivity index (χ3n) is 4.78. The predicted molar refractivity (Wildman–Crippen MR) is 116 cm³/mol. The van der Waals surface area contributed by atoms with E-state index in [-0.39, 0.29) is 18.2 Å². The number of nitrogens with one attached hydrogen (secondary N) is 1. The van der Waals surface area contributed by atoms with Crippen LogP contribution in [0.25, 0.3) is 5.69 Å². The zero-order valence-corrected chi connectivity index (χ0v) is 17.7. The number of hydrogen-bond acceptors (Lipinski definition) is 4. The molecular formula is C23H26N4O3. The Morgan fingerprint density at radius 2 is 1.80 bits per heavy atom. The van der Waals surface area contributed by atoms with E-state index in [1.165, 1.54) is 0 Å². The topological polar surface area (TPSA) is 86.0 Å². The summed E-state index contributed by atoms with van der Waals surface area (Å²) in [4.78, 5) is 39.0. The molecule has 0 saturated carbocycles. The maximum absolute atomic E-state index is 13.2. The van der Waals surface area contributed by atoms with Crippen LogP contribution in [-0.4, -0.2) is 26.8 Å². The number of benzene rings is 2. The molecule has 1 heterocycles. The van der Waals surface area contributed by atoms with Gasteiger partial charge in [-0.05, 0) is 48.6 Å². The number of aromatic nitrogens is 3. The number of nitrogens with zero attached hydrogens (tertiary/aromatic N) is 3. The van der Waals surface area contributed by atoms with Crippen LogP contribution in [0.5, 0.6) is 0 Å². The van der Waals surface area contributed by atoms with Gasteiger partial charge in [0.1, 0.15) is 0 Å². The van der Waals surface area contributed by atoms with Crippen LogP contribution in [-0.2, 0) is 6.54 Å². The lowest BCUT2D eigenvalue weighted by molar-refractivity contribution is 0.0939. The Balaban J connectivity index is 2.19. The minimum absolute atomic E-state index is 0.0587. The lowest BCUT2D eigenvalue weighted by Gasteiger charge is -2.14. The van der Waals surface area contributed by atoms with Gasteiger partial charge in [-0.2, -0.15) is 9.78 Å². The second-order valence-corrected chi connectivity index (χ2v) is 7.80. The lowest BCUT2D eigenvalue weighted by atomic mass is 10.1. The molecule has 3 rings (SSSR count). The van der Waals surface area contributed by atoms with Crippen molar-refractivity contribution in [2.45, 2.75) is 34.2 Å². The zero-order chi connectivity index (χ0) is 21.8. The highest BCUT2D eigenvalue weighted by atomic mass is 16.2. The average molecular weight is 406 g/mol. The van der Waals surface area contributed by atoms with Gasteiger partial charge in [0.25, 0.3) is 11.5 Å². The van der Waals surface area contributed by atoms with Crippen LogP contribution in [0.15, 0.2) is 58.1 Å². The molecular weight excluding hydrogens is 380 g/mol. The van der Waals surface area contributed by atoms with Crippen LogP contribution >= 0.6 is 0 Å². The molecule has 1 aromatic heterocycles. The Kier molecular flexibility index (Phi) is 6.30. The van der Waals surface area contributed by atoms with E-state index in [1.807, 2.05) is 58.0 Å². The van der Waals surface area contributed by atoms with Gasteiger partial charge in [-0.3, -0.25) is 14.2 Å². The van der Waals surface area contributed by atoms with Crippen LogP contribution in [0, 0.1) is 19.8 Å². The van der Waals surface area contributed by atoms with Gasteiger partial charge < -0.3 is 5.32 Å². The molecule has 3 aromatic rings. The molecule has 0 aliphatic heterocycles. The van der Waals surface area contributed by atoms with Crippen LogP contribution < -0.4 is 16.6 Å². The third kappa shape index (κ3) is 4.56. The van der Waals surface area contributed by atoms with Gasteiger partial charge in [-0.15, -0.1) is 0 Å². The maximum Gasteiger partial charge on any atom is 0.352 e. The molecule has 0 atom stereocenters. The van der Waals surface area contributed by atoms with Crippen molar-refractivity contribution in [1.29, 1.82) is 0 Å². The molecule has 7 nitrogen and oxygen atoms in total. The molecule has 0 aliphatic rings. The summed E-state index contributed by atoms with van der Waals surface area (Å²) in [6, 6.07) is 14.7. The van der Waals surface area contributed by atoms with Crippen molar-refractivity contribution >= 4 is 5.91 Å². The molecule has 1 N–H and O–H groups in total. The summed E-state index contributed by atoms with van der Waals surface area (Å²) in [5.41, 5.74) is 1.62. The normalized spacial score (nSPS) is 11.0. The van der Waals surface area contributed by atoms with Gasteiger partial charge in [0.05, 0.1) is 12.2 Å². The van der Waals surface area contributed by atoms with E-state index < -0.39 is 17.2 Å². The van der Waals surface area contributed by atoms with Crippen molar-refractivity contribution in [3.05, 3.63) is 91.8 Å². The summed E-state index contributed by atoms with van der Waals surface area (Å²) in [5, 5.41) is 6.87. The highest BCUT2D eigenvalue weighted by molar-refractivity contribution is 5.91. The van der Waals surface area contributed by atoms with Gasteiger partial charge in [0.15, 0.2) is 0 Å². The van der Waals surface area contributed by atoms with Crippen LogP contribution in [0.2, 0.25) is 0 Å². The second kappa shape index (κ2) is 8.90. The molecule has 0 saturated heterocycles. The van der Waals surface area contributed by atoms with Crippen molar-refractivity contribution in [2.24, 2.45) is 5.92 Å². The summed E-state index contributed by atoms with van der Waals surface area (Å²) >= 11 is 0. The molecule has 7 heteroatoms. The molecule has 30 heavy (non-hydrogen) atoms. The third-order valence-corrected chi connectivity index (χ3v) is 4.78. The number of aryl methyl sites for hydroxylation is 2. The zero-order valence-electron chi connectivity index (χ0n) is 17.7. The van der Waals surface area contributed by atoms with E-state index in [4.69, 9.17) is 0 Å². The Morgan fingerprint density at radius 3 is 2.47 bits per heavy atom. The Labute approximate surface area is 175 Å². The van der Waals surface area contributed by atoms with E-state index in [9.17, 15) is 14.4 Å². The highest BCUT2D eigenvalue weighted by Gasteiger charge is 2.21. The van der Waals surface area contributed by atoms with E-state index >= 15 is 0 Å². The molecule has 0 spiro atoms. The fraction of sp³-hybridized carbons (Fsp3) is 0.304. The van der Waals surface area contributed by atoms with Gasteiger partial charge in [0, 0.05) is 6.54 Å². The number of amides is 1. The van der Waals surface area contributed by atoms with Crippen LogP contribution in [0.1, 0.15) is 41.0 Å². The quantitative estimate of drug-likeness (QED) is 0.681. The summed E-state index contributed by atoms with van der Waals surface area (Å²) < 4.78 is 2.19. The first-order valence-electron chi connectivity index (χ1n) is 9.92. The molecule has 0 fully saturated rings. The molecule has 1 amide bonds. The maximum atomic E-state index is 13.2. The standard InChI is InChI=1S/C23H26N4O3/c1-15(2)13-24-21(28)20-22(29)26(14-18-10-6-5-9-17(18)4)23(30)27(25-20)19-11-7-8-16(3)12-19/h5-12,15H,13-14H2,1-4H3,(H,24,28). The van der Waals surface area contributed by atoms with Gasteiger partial charge in [-0.25, -0.2) is 4.79 Å². The van der Waals surface area contributed by atoms with Crippen molar-refractivity contribution in [3.8, 4) is 5.69 Å². The van der Waals surface area contributed by atoms with Crippen LogP contribution in [0.4, 0.5) is 0 Å². The number of hydrogen-bond donors (Lipinski definition) is 1. The summed E-state index contributed by atoms with van der Waals surface area (Å²) in [5.74, 6) is -0.376. The largest absolute Gasteiger partial charge is 0.352 e. The SMILES string of the molecule is Cc1cccc(-n2nc(C(=O)NCC(C)C)c(=O)n(Cc3ccccc3C)c2=O)c1. The van der Waals surface area contributed by atoms with Crippen molar-refractivity contribution < 1.29 is 4.79 Å². The van der Waals surface area contributed by atoms with Gasteiger partial charge >= 0.3 is 5.69 Å². The second-order valence-electron chi connectivity index (χ2n) is 7.80. The van der Waals surface area contributed by atoms with E-state index in [0.717, 1.165) is 25.9 Å². The molecule has 2 aromatic carbocycles. The fourth-order valence-corrected chi connectivity index (χ4v) is 3.06. The van der Waals surface area contributed by atoms with E-state index in [2.05, 4.69) is 10.4 Å². The fourth-order valence-electron chi connectivity index (χ4n) is 3.06. The van der Waals surface area contributed by atoms with Crippen molar-refractivity contribution in [1.82, 2.24) is 19.7 Å². The van der Waals surface area contributed by atoms with Gasteiger partial charge in [0.2, 0.25) is 5.69 Å². The number of carbonyl (C=O) groups is 1. The summed E-state index contributed by atoms with van der Waals surface area (Å²) in [7, 11) is 0. The Bertz CT molecular complexity index is 1190. The Hall–Kier alpha value is -3.48.